The Morgan fingerprint density at radius 3 is 3.17 bits per heavy atom. The Kier molecular flexibility index (Phi) is 3.14. The largest absolute Gasteiger partial charge is 0.379 e. The van der Waals surface area contributed by atoms with Crippen molar-refractivity contribution in [2.45, 2.75) is 24.8 Å². The minimum atomic E-state index is -0.427. The Hall–Kier alpha value is -0.550. The molecule has 0 aromatic heterocycles. The van der Waals surface area contributed by atoms with Crippen molar-refractivity contribution >= 4 is 32.9 Å². The average Bonchev–Trinajstić information content (AvgIpc) is 2.76. The molecule has 1 aromatic carbocycles. The van der Waals surface area contributed by atoms with Crippen LogP contribution in [0.3, 0.4) is 0 Å². The van der Waals surface area contributed by atoms with Crippen LogP contribution in [0.2, 0.25) is 0 Å². The highest BCUT2D eigenvalue weighted by Crippen LogP contribution is 2.51. The summed E-state index contributed by atoms with van der Waals surface area (Å²) in [6.07, 6.45) is 3.09. The van der Waals surface area contributed by atoms with Crippen molar-refractivity contribution < 1.29 is 4.39 Å². The number of hydrogen-bond acceptors (Lipinski definition) is 3. The quantitative estimate of drug-likeness (QED) is 0.854. The van der Waals surface area contributed by atoms with E-state index in [1.165, 1.54) is 6.07 Å². The van der Waals surface area contributed by atoms with Crippen molar-refractivity contribution in [1.29, 1.82) is 0 Å². The molecule has 2 unspecified atom stereocenters. The first-order valence-electron chi connectivity index (χ1n) is 6.05. The van der Waals surface area contributed by atoms with Crippen LogP contribution in [0.4, 0.5) is 4.39 Å². The summed E-state index contributed by atoms with van der Waals surface area (Å²) in [6, 6.07) is 5.10. The maximum absolute atomic E-state index is 14.2. The van der Waals surface area contributed by atoms with Crippen LogP contribution < -0.4 is 5.73 Å². The number of rotatable bonds is 1. The van der Waals surface area contributed by atoms with Crippen molar-refractivity contribution in [1.82, 2.24) is 0 Å². The summed E-state index contributed by atoms with van der Waals surface area (Å²) in [6.45, 7) is 0. The minimum Gasteiger partial charge on any atom is -0.379 e. The molecule has 2 atom stereocenters. The number of nitrogens with two attached hydrogens (primary N) is 1. The number of benzene rings is 1. The normalized spacial score (nSPS) is 31.0. The second-order valence-corrected chi connectivity index (χ2v) is 6.85. The molecule has 1 saturated carbocycles. The molecule has 0 amide bonds. The van der Waals surface area contributed by atoms with Gasteiger partial charge in [0.15, 0.2) is 5.17 Å². The summed E-state index contributed by atoms with van der Waals surface area (Å²) >= 11 is 5.01. The predicted molar refractivity (Wildman–Crippen MR) is 77.2 cm³/mol. The monoisotopic (exact) mass is 328 g/mol. The lowest BCUT2D eigenvalue weighted by atomic mass is 9.81. The molecule has 2 nitrogen and oxygen atoms in total. The molecule has 5 heteroatoms. The summed E-state index contributed by atoms with van der Waals surface area (Å²) < 4.78 is 15.1. The SMILES string of the molecule is NC1=NC2(c3cc(Br)ccc3F)CCCC2CS1. The third kappa shape index (κ3) is 1.88. The van der Waals surface area contributed by atoms with E-state index in [9.17, 15) is 4.39 Å². The molecule has 2 N–H and O–H groups in total. The molecule has 1 aliphatic heterocycles. The molecular formula is C13H14BrFN2S. The van der Waals surface area contributed by atoms with E-state index in [2.05, 4.69) is 20.9 Å². The van der Waals surface area contributed by atoms with Crippen LogP contribution in [0.1, 0.15) is 24.8 Å². The second kappa shape index (κ2) is 4.53. The van der Waals surface area contributed by atoms with Crippen LogP contribution in [0, 0.1) is 11.7 Å². The number of amidine groups is 1. The van der Waals surface area contributed by atoms with E-state index in [1.54, 1.807) is 17.8 Å². The molecule has 0 spiro atoms. The van der Waals surface area contributed by atoms with Gasteiger partial charge >= 0.3 is 0 Å². The van der Waals surface area contributed by atoms with Crippen molar-refractivity contribution in [3.05, 3.63) is 34.1 Å². The van der Waals surface area contributed by atoms with Gasteiger partial charge in [-0.15, -0.1) is 0 Å². The van der Waals surface area contributed by atoms with E-state index in [1.807, 2.05) is 6.07 Å². The molecule has 18 heavy (non-hydrogen) atoms. The molecule has 3 rings (SSSR count). The van der Waals surface area contributed by atoms with Gasteiger partial charge in [-0.05, 0) is 37.0 Å². The maximum Gasteiger partial charge on any atom is 0.154 e. The Labute approximate surface area is 118 Å². The summed E-state index contributed by atoms with van der Waals surface area (Å²) in [5.41, 5.74) is 6.15. The number of thioether (sulfide) groups is 1. The zero-order chi connectivity index (χ0) is 12.8. The molecule has 2 aliphatic rings. The fourth-order valence-corrected chi connectivity index (χ4v) is 4.49. The van der Waals surface area contributed by atoms with Gasteiger partial charge in [0.1, 0.15) is 5.82 Å². The Bertz CT molecular complexity index is 520. The highest BCUT2D eigenvalue weighted by Gasteiger charge is 2.47. The van der Waals surface area contributed by atoms with Gasteiger partial charge in [0.25, 0.3) is 0 Å². The second-order valence-electron chi connectivity index (χ2n) is 4.90. The molecule has 1 aliphatic carbocycles. The number of halogens is 2. The van der Waals surface area contributed by atoms with E-state index in [0.717, 1.165) is 29.5 Å². The number of aliphatic imine (C=N–C) groups is 1. The zero-order valence-corrected chi connectivity index (χ0v) is 12.2. The van der Waals surface area contributed by atoms with Gasteiger partial charge in [0.2, 0.25) is 0 Å². The Morgan fingerprint density at radius 2 is 2.33 bits per heavy atom. The van der Waals surface area contributed by atoms with Crippen molar-refractivity contribution in [3.63, 3.8) is 0 Å². The third-order valence-corrected chi connectivity index (χ3v) is 5.37. The summed E-state index contributed by atoms with van der Waals surface area (Å²) in [7, 11) is 0. The lowest BCUT2D eigenvalue weighted by Crippen LogP contribution is -2.37. The average molecular weight is 329 g/mol. The van der Waals surface area contributed by atoms with Crippen molar-refractivity contribution in [3.8, 4) is 0 Å². The van der Waals surface area contributed by atoms with Crippen LogP contribution in [0.15, 0.2) is 27.7 Å². The van der Waals surface area contributed by atoms with Crippen molar-refractivity contribution in [2.75, 3.05) is 5.75 Å². The van der Waals surface area contributed by atoms with Gasteiger partial charge in [0, 0.05) is 15.8 Å². The van der Waals surface area contributed by atoms with Crippen LogP contribution in [0.25, 0.3) is 0 Å². The molecule has 96 valence electrons. The van der Waals surface area contributed by atoms with E-state index >= 15 is 0 Å². The Balaban J connectivity index is 2.17. The highest BCUT2D eigenvalue weighted by molar-refractivity contribution is 9.10. The topological polar surface area (TPSA) is 38.4 Å². The molecule has 0 saturated heterocycles. The van der Waals surface area contributed by atoms with Gasteiger partial charge in [-0.25, -0.2) is 4.39 Å². The van der Waals surface area contributed by atoms with Crippen LogP contribution >= 0.6 is 27.7 Å². The molecule has 1 aromatic rings. The smallest absolute Gasteiger partial charge is 0.154 e. The van der Waals surface area contributed by atoms with Crippen LogP contribution in [0.5, 0.6) is 0 Å². The van der Waals surface area contributed by atoms with E-state index in [0.29, 0.717) is 16.6 Å². The lowest BCUT2D eigenvalue weighted by Gasteiger charge is -2.36. The van der Waals surface area contributed by atoms with Gasteiger partial charge in [-0.1, -0.05) is 34.1 Å². The highest BCUT2D eigenvalue weighted by atomic mass is 79.9. The Morgan fingerprint density at radius 1 is 1.50 bits per heavy atom. The standard InChI is InChI=1S/C13H14BrFN2S/c14-9-3-4-11(15)10(6-9)13-5-1-2-8(13)7-18-12(16)17-13/h3-4,6,8H,1-2,5,7H2,(H2,16,17). The van der Waals surface area contributed by atoms with Gasteiger partial charge in [-0.3, -0.25) is 4.99 Å². The van der Waals surface area contributed by atoms with E-state index in [4.69, 9.17) is 5.73 Å². The first-order chi connectivity index (χ1) is 8.62. The molecular weight excluding hydrogens is 315 g/mol. The van der Waals surface area contributed by atoms with Crippen LogP contribution in [-0.2, 0) is 5.54 Å². The molecule has 1 fully saturated rings. The van der Waals surface area contributed by atoms with E-state index < -0.39 is 5.54 Å². The molecule has 0 radical (unpaired) electrons. The fourth-order valence-electron chi connectivity index (χ4n) is 3.09. The predicted octanol–water partition coefficient (Wildman–Crippen LogP) is 3.65. The third-order valence-electron chi connectivity index (χ3n) is 3.92. The molecule has 1 heterocycles. The summed E-state index contributed by atoms with van der Waals surface area (Å²) in [5.74, 6) is 1.17. The van der Waals surface area contributed by atoms with Gasteiger partial charge in [-0.2, -0.15) is 0 Å². The van der Waals surface area contributed by atoms with Gasteiger partial charge in [0.05, 0.1) is 5.54 Å². The lowest BCUT2D eigenvalue weighted by molar-refractivity contribution is 0.341. The summed E-state index contributed by atoms with van der Waals surface area (Å²) in [5, 5.41) is 0.590. The van der Waals surface area contributed by atoms with Crippen LogP contribution in [-0.4, -0.2) is 10.9 Å². The zero-order valence-electron chi connectivity index (χ0n) is 9.83. The number of fused-ring (bicyclic) bond motifs is 1. The number of nitrogens with zero attached hydrogens (tertiary/aromatic N) is 1. The summed E-state index contributed by atoms with van der Waals surface area (Å²) in [4.78, 5) is 4.64. The molecule has 0 bridgehead atoms. The van der Waals surface area contributed by atoms with E-state index in [-0.39, 0.29) is 5.82 Å². The van der Waals surface area contributed by atoms with Gasteiger partial charge < -0.3 is 5.73 Å². The minimum absolute atomic E-state index is 0.173. The van der Waals surface area contributed by atoms with Crippen molar-refractivity contribution in [2.24, 2.45) is 16.6 Å². The first-order valence-corrected chi connectivity index (χ1v) is 7.83. The maximum atomic E-state index is 14.2. The first kappa shape index (κ1) is 12.5. The fraction of sp³-hybridized carbons (Fsp3) is 0.462. The number of hydrogen-bond donors (Lipinski definition) is 1.